The van der Waals surface area contributed by atoms with Gasteiger partial charge in [0.2, 0.25) is 5.13 Å². The smallest absolute Gasteiger partial charge is 0.205 e. The minimum atomic E-state index is 0.870. The lowest BCUT2D eigenvalue weighted by molar-refractivity contribution is 0.803. The summed E-state index contributed by atoms with van der Waals surface area (Å²) in [5.41, 5.74) is 0. The van der Waals surface area contributed by atoms with E-state index in [2.05, 4.69) is 30.7 Å². The van der Waals surface area contributed by atoms with Gasteiger partial charge in [0.05, 0.1) is 0 Å². The molecule has 0 aliphatic carbocycles. The molecule has 0 amide bonds. The highest BCUT2D eigenvalue weighted by atomic mass is 32.1. The van der Waals surface area contributed by atoms with E-state index in [1.54, 1.807) is 11.3 Å². The molecular formula is C8H12N6S. The predicted octanol–water partition coefficient (Wildman–Crippen LogP) is 1.01. The third-order valence-corrected chi connectivity index (χ3v) is 2.65. The van der Waals surface area contributed by atoms with E-state index in [4.69, 9.17) is 0 Å². The van der Waals surface area contributed by atoms with Crippen molar-refractivity contribution in [2.75, 3.05) is 11.9 Å². The molecular weight excluding hydrogens is 212 g/mol. The molecule has 0 saturated carbocycles. The van der Waals surface area contributed by atoms with Crippen molar-refractivity contribution in [1.29, 1.82) is 0 Å². The first kappa shape index (κ1) is 10.0. The monoisotopic (exact) mass is 224 g/mol. The van der Waals surface area contributed by atoms with Crippen LogP contribution in [0.2, 0.25) is 0 Å². The van der Waals surface area contributed by atoms with Gasteiger partial charge in [-0.1, -0.05) is 11.3 Å². The summed E-state index contributed by atoms with van der Waals surface area (Å²) in [6, 6.07) is 0. The Morgan fingerprint density at radius 2 is 2.40 bits per heavy atom. The fraction of sp³-hybridized carbons (Fsp3) is 0.500. The molecule has 2 aromatic rings. The molecule has 6 nitrogen and oxygen atoms in total. The minimum Gasteiger partial charge on any atom is -0.360 e. The average molecular weight is 224 g/mol. The number of aromatic nitrogens is 5. The first-order valence-corrected chi connectivity index (χ1v) is 5.54. The standard InChI is InChI=1S/C8H12N6S/c1-6-12-14-8(15-6)9-4-2-3-7-10-5-11-13-7/h5H,2-4H2,1H3,(H,9,14)(H,10,11,13). The van der Waals surface area contributed by atoms with Crippen LogP contribution < -0.4 is 5.32 Å². The normalized spacial score (nSPS) is 10.5. The first-order chi connectivity index (χ1) is 7.34. The van der Waals surface area contributed by atoms with Gasteiger partial charge in [-0.15, -0.1) is 10.2 Å². The Labute approximate surface area is 91.2 Å². The van der Waals surface area contributed by atoms with Crippen molar-refractivity contribution in [3.63, 3.8) is 0 Å². The number of H-pyrrole nitrogens is 1. The van der Waals surface area contributed by atoms with Crippen LogP contribution in [0.25, 0.3) is 0 Å². The maximum Gasteiger partial charge on any atom is 0.205 e. The summed E-state index contributed by atoms with van der Waals surface area (Å²) < 4.78 is 0. The zero-order valence-corrected chi connectivity index (χ0v) is 9.21. The van der Waals surface area contributed by atoms with Crippen molar-refractivity contribution < 1.29 is 0 Å². The second-order valence-corrected chi connectivity index (χ2v) is 4.27. The van der Waals surface area contributed by atoms with Crippen LogP contribution in [0.15, 0.2) is 6.33 Å². The molecule has 2 aromatic heterocycles. The van der Waals surface area contributed by atoms with Crippen molar-refractivity contribution in [2.24, 2.45) is 0 Å². The van der Waals surface area contributed by atoms with Crippen LogP contribution in [0.3, 0.4) is 0 Å². The summed E-state index contributed by atoms with van der Waals surface area (Å²) in [7, 11) is 0. The van der Waals surface area contributed by atoms with Crippen LogP contribution in [0.4, 0.5) is 5.13 Å². The number of aryl methyl sites for hydroxylation is 2. The molecule has 80 valence electrons. The second-order valence-electron chi connectivity index (χ2n) is 3.09. The summed E-state index contributed by atoms with van der Waals surface area (Å²) in [5, 5.41) is 19.6. The van der Waals surface area contributed by atoms with Crippen LogP contribution in [0, 0.1) is 6.92 Å². The lowest BCUT2D eigenvalue weighted by atomic mass is 10.3. The number of aromatic amines is 1. The molecule has 15 heavy (non-hydrogen) atoms. The van der Waals surface area contributed by atoms with E-state index >= 15 is 0 Å². The van der Waals surface area contributed by atoms with Crippen molar-refractivity contribution >= 4 is 16.5 Å². The van der Waals surface area contributed by atoms with Gasteiger partial charge in [0, 0.05) is 13.0 Å². The summed E-state index contributed by atoms with van der Waals surface area (Å²) >= 11 is 1.57. The molecule has 0 aromatic carbocycles. The number of nitrogens with zero attached hydrogens (tertiary/aromatic N) is 4. The lowest BCUT2D eigenvalue weighted by Gasteiger charge is -1.99. The quantitative estimate of drug-likeness (QED) is 0.741. The van der Waals surface area contributed by atoms with Crippen molar-refractivity contribution in [1.82, 2.24) is 25.4 Å². The topological polar surface area (TPSA) is 79.4 Å². The van der Waals surface area contributed by atoms with Crippen LogP contribution in [0.5, 0.6) is 0 Å². The van der Waals surface area contributed by atoms with Crippen molar-refractivity contribution in [2.45, 2.75) is 19.8 Å². The Morgan fingerprint density at radius 3 is 3.07 bits per heavy atom. The van der Waals surface area contributed by atoms with Crippen LogP contribution in [-0.4, -0.2) is 31.9 Å². The van der Waals surface area contributed by atoms with Gasteiger partial charge < -0.3 is 5.32 Å². The summed E-state index contributed by atoms with van der Waals surface area (Å²) in [5.74, 6) is 0.922. The summed E-state index contributed by atoms with van der Waals surface area (Å²) in [4.78, 5) is 4.05. The molecule has 0 spiro atoms. The summed E-state index contributed by atoms with van der Waals surface area (Å²) in [6.45, 7) is 2.81. The van der Waals surface area contributed by atoms with Crippen LogP contribution in [-0.2, 0) is 6.42 Å². The summed E-state index contributed by atoms with van der Waals surface area (Å²) in [6.07, 6.45) is 3.41. The zero-order chi connectivity index (χ0) is 10.5. The number of nitrogens with one attached hydrogen (secondary N) is 2. The third-order valence-electron chi connectivity index (χ3n) is 1.86. The number of hydrogen-bond donors (Lipinski definition) is 2. The molecule has 0 atom stereocenters. The van der Waals surface area contributed by atoms with E-state index in [1.165, 1.54) is 6.33 Å². The van der Waals surface area contributed by atoms with Gasteiger partial charge in [0.25, 0.3) is 0 Å². The van der Waals surface area contributed by atoms with Gasteiger partial charge >= 0.3 is 0 Å². The molecule has 0 aliphatic heterocycles. The van der Waals surface area contributed by atoms with Gasteiger partial charge in [-0.05, 0) is 13.3 Å². The molecule has 2 rings (SSSR count). The van der Waals surface area contributed by atoms with Gasteiger partial charge in [-0.25, -0.2) is 4.98 Å². The fourth-order valence-electron chi connectivity index (χ4n) is 1.17. The predicted molar refractivity (Wildman–Crippen MR) is 57.8 cm³/mol. The maximum absolute atomic E-state index is 4.05. The molecule has 2 heterocycles. The first-order valence-electron chi connectivity index (χ1n) is 4.73. The maximum atomic E-state index is 4.05. The number of rotatable bonds is 5. The third kappa shape index (κ3) is 2.98. The van der Waals surface area contributed by atoms with E-state index in [1.807, 2.05) is 6.92 Å². The molecule has 0 radical (unpaired) electrons. The molecule has 0 fully saturated rings. The average Bonchev–Trinajstić information content (AvgIpc) is 2.84. The SMILES string of the molecule is Cc1nnc(NCCCc2ncn[nH]2)s1. The van der Waals surface area contributed by atoms with Gasteiger partial charge in [-0.3, -0.25) is 5.10 Å². The van der Waals surface area contributed by atoms with E-state index in [0.717, 1.165) is 35.3 Å². The Morgan fingerprint density at radius 1 is 1.47 bits per heavy atom. The van der Waals surface area contributed by atoms with Crippen LogP contribution >= 0.6 is 11.3 Å². The highest BCUT2D eigenvalue weighted by Crippen LogP contribution is 2.13. The molecule has 0 saturated heterocycles. The van der Waals surface area contributed by atoms with Gasteiger partial charge in [0.15, 0.2) is 0 Å². The van der Waals surface area contributed by atoms with Crippen molar-refractivity contribution in [3.8, 4) is 0 Å². The van der Waals surface area contributed by atoms with Crippen molar-refractivity contribution in [3.05, 3.63) is 17.2 Å². The fourth-order valence-corrected chi connectivity index (χ4v) is 1.79. The molecule has 0 bridgehead atoms. The Hall–Kier alpha value is -1.50. The molecule has 0 unspecified atom stereocenters. The Balaban J connectivity index is 1.67. The molecule has 2 N–H and O–H groups in total. The largest absolute Gasteiger partial charge is 0.360 e. The highest BCUT2D eigenvalue weighted by molar-refractivity contribution is 7.15. The molecule has 7 heteroatoms. The minimum absolute atomic E-state index is 0.870. The van der Waals surface area contributed by atoms with E-state index < -0.39 is 0 Å². The van der Waals surface area contributed by atoms with E-state index in [-0.39, 0.29) is 0 Å². The molecule has 0 aliphatic rings. The van der Waals surface area contributed by atoms with Crippen LogP contribution in [0.1, 0.15) is 17.3 Å². The zero-order valence-electron chi connectivity index (χ0n) is 8.40. The second kappa shape index (κ2) is 4.83. The number of hydrogen-bond acceptors (Lipinski definition) is 6. The van der Waals surface area contributed by atoms with Gasteiger partial charge in [-0.2, -0.15) is 5.10 Å². The van der Waals surface area contributed by atoms with E-state index in [0.29, 0.717) is 0 Å². The highest BCUT2D eigenvalue weighted by Gasteiger charge is 1.99. The van der Waals surface area contributed by atoms with E-state index in [9.17, 15) is 0 Å². The Kier molecular flexibility index (Phi) is 3.23. The Bertz CT molecular complexity index is 395. The lowest BCUT2D eigenvalue weighted by Crippen LogP contribution is -2.03. The number of anilines is 1. The van der Waals surface area contributed by atoms with Gasteiger partial charge in [0.1, 0.15) is 17.2 Å².